The van der Waals surface area contributed by atoms with Gasteiger partial charge in [-0.25, -0.2) is 0 Å². The van der Waals surface area contributed by atoms with Gasteiger partial charge in [-0.1, -0.05) is 11.6 Å². The lowest BCUT2D eigenvalue weighted by Crippen LogP contribution is -2.39. The van der Waals surface area contributed by atoms with Crippen LogP contribution in [0.4, 0.5) is 0 Å². The summed E-state index contributed by atoms with van der Waals surface area (Å²) in [5, 5.41) is 13.6. The van der Waals surface area contributed by atoms with Crippen LogP contribution in [0.15, 0.2) is 22.6 Å². The Hall–Kier alpha value is -2.09. The van der Waals surface area contributed by atoms with E-state index in [9.17, 15) is 4.79 Å². The summed E-state index contributed by atoms with van der Waals surface area (Å²) < 4.78 is 8.10. The highest BCUT2D eigenvalue weighted by Gasteiger charge is 2.31. The first-order chi connectivity index (χ1) is 13.6. The quantitative estimate of drug-likeness (QED) is 0.665. The van der Waals surface area contributed by atoms with Gasteiger partial charge in [0.15, 0.2) is 5.76 Å². The number of likely N-dealkylation sites (tertiary alicyclic amines) is 1. The molecule has 0 bridgehead atoms. The van der Waals surface area contributed by atoms with Crippen molar-refractivity contribution in [3.63, 3.8) is 0 Å². The fourth-order valence-electron chi connectivity index (χ4n) is 4.30. The molecule has 1 aromatic carbocycles. The molecule has 4 heterocycles. The van der Waals surface area contributed by atoms with Crippen LogP contribution in [0.1, 0.15) is 46.5 Å². The van der Waals surface area contributed by atoms with Crippen LogP contribution >= 0.6 is 24.0 Å². The van der Waals surface area contributed by atoms with Gasteiger partial charge >= 0.3 is 0 Å². The SMILES string of the molecule is Cc1c(C(=O)N2CCC(c3nnc4n3CCNC4)CC2)oc2ccc(Cl)cc12.Cl. The Morgan fingerprint density at radius 3 is 2.83 bits per heavy atom. The Balaban J connectivity index is 0.00000205. The number of carbonyl (C=O) groups excluding carboxylic acids is 1. The van der Waals surface area contributed by atoms with Crippen molar-refractivity contribution < 1.29 is 9.21 Å². The fraction of sp³-hybridized carbons (Fsp3) is 0.450. The van der Waals surface area contributed by atoms with Gasteiger partial charge in [-0.3, -0.25) is 4.79 Å². The third kappa shape index (κ3) is 3.52. The number of aryl methyl sites for hydroxylation is 1. The monoisotopic (exact) mass is 435 g/mol. The summed E-state index contributed by atoms with van der Waals surface area (Å²) in [7, 11) is 0. The third-order valence-corrected chi connectivity index (χ3v) is 6.13. The standard InChI is InChI=1S/C20H22ClN5O2.ClH/c1-12-15-10-14(21)2-3-16(15)28-18(12)20(27)25-7-4-13(5-8-25)19-24-23-17-11-22-6-9-26(17)19;/h2-3,10,13,22H,4-9,11H2,1H3;1H. The number of aromatic nitrogens is 3. The number of hydrogen-bond donors (Lipinski definition) is 1. The maximum atomic E-state index is 13.1. The van der Waals surface area contributed by atoms with E-state index in [-0.39, 0.29) is 18.3 Å². The van der Waals surface area contributed by atoms with E-state index in [0.717, 1.165) is 55.1 Å². The van der Waals surface area contributed by atoms with E-state index in [0.29, 0.717) is 35.4 Å². The molecule has 1 fully saturated rings. The second-order valence-electron chi connectivity index (χ2n) is 7.57. The summed E-state index contributed by atoms with van der Waals surface area (Å²) in [4.78, 5) is 14.9. The van der Waals surface area contributed by atoms with Gasteiger partial charge < -0.3 is 19.2 Å². The maximum absolute atomic E-state index is 13.1. The molecular formula is C20H23Cl2N5O2. The maximum Gasteiger partial charge on any atom is 0.289 e. The van der Waals surface area contributed by atoms with Gasteiger partial charge in [-0.2, -0.15) is 0 Å². The highest BCUT2D eigenvalue weighted by atomic mass is 35.5. The lowest BCUT2D eigenvalue weighted by molar-refractivity contribution is 0.0679. The summed E-state index contributed by atoms with van der Waals surface area (Å²) in [5.41, 5.74) is 1.55. The van der Waals surface area contributed by atoms with Crippen molar-refractivity contribution >= 4 is 40.9 Å². The minimum absolute atomic E-state index is 0. The number of piperidine rings is 1. The van der Waals surface area contributed by atoms with Crippen molar-refractivity contribution in [1.82, 2.24) is 25.0 Å². The first kappa shape index (κ1) is 20.2. The van der Waals surface area contributed by atoms with Crippen molar-refractivity contribution in [2.75, 3.05) is 19.6 Å². The second kappa shape index (κ2) is 7.97. The van der Waals surface area contributed by atoms with E-state index in [2.05, 4.69) is 20.1 Å². The van der Waals surface area contributed by atoms with Crippen LogP contribution in [0, 0.1) is 6.92 Å². The van der Waals surface area contributed by atoms with E-state index in [1.807, 2.05) is 24.0 Å². The molecular weight excluding hydrogens is 413 g/mol. The summed E-state index contributed by atoms with van der Waals surface area (Å²) in [6.07, 6.45) is 1.78. The second-order valence-corrected chi connectivity index (χ2v) is 8.00. The highest BCUT2D eigenvalue weighted by molar-refractivity contribution is 6.31. The summed E-state index contributed by atoms with van der Waals surface area (Å²) in [5.74, 6) is 2.80. The molecule has 2 aliphatic rings. The van der Waals surface area contributed by atoms with Crippen molar-refractivity contribution in [2.45, 2.75) is 38.8 Å². The fourth-order valence-corrected chi connectivity index (χ4v) is 4.47. The van der Waals surface area contributed by atoms with Crippen LogP contribution in [0.2, 0.25) is 5.02 Å². The van der Waals surface area contributed by atoms with Crippen LogP contribution < -0.4 is 5.32 Å². The van der Waals surface area contributed by atoms with Gasteiger partial charge in [-0.15, -0.1) is 22.6 Å². The predicted molar refractivity (Wildman–Crippen MR) is 113 cm³/mol. The van der Waals surface area contributed by atoms with Crippen molar-refractivity contribution in [1.29, 1.82) is 0 Å². The zero-order valence-electron chi connectivity index (χ0n) is 16.2. The lowest BCUT2D eigenvalue weighted by Gasteiger charge is -2.31. The zero-order valence-corrected chi connectivity index (χ0v) is 17.7. The molecule has 0 aliphatic carbocycles. The Kier molecular flexibility index (Phi) is 5.55. The van der Waals surface area contributed by atoms with E-state index < -0.39 is 0 Å². The number of amides is 1. The van der Waals surface area contributed by atoms with Gasteiger partial charge in [0.25, 0.3) is 5.91 Å². The van der Waals surface area contributed by atoms with Crippen molar-refractivity contribution in [2.24, 2.45) is 0 Å². The molecule has 1 amide bonds. The Morgan fingerprint density at radius 1 is 1.24 bits per heavy atom. The first-order valence-electron chi connectivity index (χ1n) is 9.72. The van der Waals surface area contributed by atoms with E-state index in [4.69, 9.17) is 16.0 Å². The number of nitrogens with one attached hydrogen (secondary N) is 1. The highest BCUT2D eigenvalue weighted by Crippen LogP contribution is 2.32. The lowest BCUT2D eigenvalue weighted by atomic mass is 9.95. The van der Waals surface area contributed by atoms with Gasteiger partial charge in [0, 0.05) is 48.1 Å². The average Bonchev–Trinajstić information content (AvgIpc) is 3.29. The summed E-state index contributed by atoms with van der Waals surface area (Å²) in [6.45, 7) is 5.95. The molecule has 0 unspecified atom stereocenters. The molecule has 1 saturated heterocycles. The number of hydrogen-bond acceptors (Lipinski definition) is 5. The predicted octanol–water partition coefficient (Wildman–Crippen LogP) is 3.53. The smallest absolute Gasteiger partial charge is 0.289 e. The van der Waals surface area contributed by atoms with Gasteiger partial charge in [-0.05, 0) is 38.0 Å². The molecule has 1 N–H and O–H groups in total. The van der Waals surface area contributed by atoms with Gasteiger partial charge in [0.1, 0.15) is 17.2 Å². The number of benzene rings is 1. The molecule has 0 atom stereocenters. The normalized spacial score (nSPS) is 17.2. The number of nitrogens with zero attached hydrogens (tertiary/aromatic N) is 4. The van der Waals surface area contributed by atoms with Crippen LogP contribution in [-0.2, 0) is 13.1 Å². The van der Waals surface area contributed by atoms with Crippen LogP contribution in [0.25, 0.3) is 11.0 Å². The number of fused-ring (bicyclic) bond motifs is 2. The van der Waals surface area contributed by atoms with Crippen molar-refractivity contribution in [3.8, 4) is 0 Å². The average molecular weight is 436 g/mol. The molecule has 0 saturated carbocycles. The van der Waals surface area contributed by atoms with E-state index in [1.54, 1.807) is 6.07 Å². The van der Waals surface area contributed by atoms with E-state index in [1.165, 1.54) is 0 Å². The van der Waals surface area contributed by atoms with Gasteiger partial charge in [0.2, 0.25) is 0 Å². The van der Waals surface area contributed by atoms with Gasteiger partial charge in [0.05, 0.1) is 6.54 Å². The molecule has 7 nitrogen and oxygen atoms in total. The van der Waals surface area contributed by atoms with Crippen LogP contribution in [-0.4, -0.2) is 45.2 Å². The van der Waals surface area contributed by atoms with Crippen molar-refractivity contribution in [3.05, 3.63) is 46.2 Å². The number of rotatable bonds is 2. The number of halogens is 2. The summed E-state index contributed by atoms with van der Waals surface area (Å²) >= 11 is 6.09. The molecule has 2 aliphatic heterocycles. The van der Waals surface area contributed by atoms with Crippen LogP contribution in [0.3, 0.4) is 0 Å². The Bertz CT molecular complexity index is 1050. The first-order valence-corrected chi connectivity index (χ1v) is 10.1. The molecule has 154 valence electrons. The Morgan fingerprint density at radius 2 is 2.03 bits per heavy atom. The molecule has 3 aromatic rings. The molecule has 0 spiro atoms. The minimum Gasteiger partial charge on any atom is -0.451 e. The molecule has 29 heavy (non-hydrogen) atoms. The summed E-state index contributed by atoms with van der Waals surface area (Å²) in [6, 6.07) is 5.44. The number of furan rings is 1. The molecule has 5 rings (SSSR count). The topological polar surface area (TPSA) is 76.2 Å². The minimum atomic E-state index is -0.0456. The largest absolute Gasteiger partial charge is 0.451 e. The zero-order chi connectivity index (χ0) is 19.3. The van der Waals surface area contributed by atoms with Crippen LogP contribution in [0.5, 0.6) is 0 Å². The molecule has 2 aromatic heterocycles. The third-order valence-electron chi connectivity index (χ3n) is 5.89. The molecule has 9 heteroatoms. The molecule has 0 radical (unpaired) electrons. The Labute approximate surface area is 179 Å². The number of carbonyl (C=O) groups is 1. The van der Waals surface area contributed by atoms with E-state index >= 15 is 0 Å².